The van der Waals surface area contributed by atoms with Gasteiger partial charge in [-0.15, -0.1) is 0 Å². The summed E-state index contributed by atoms with van der Waals surface area (Å²) in [6, 6.07) is 7.65. The first-order valence-electron chi connectivity index (χ1n) is 11.1. The summed E-state index contributed by atoms with van der Waals surface area (Å²) in [5, 5.41) is 4.51. The molecule has 31 heavy (non-hydrogen) atoms. The predicted octanol–water partition coefficient (Wildman–Crippen LogP) is 4.77. The minimum atomic E-state index is -0.430. The molecule has 2 aromatic rings. The average Bonchev–Trinajstić information content (AvgIpc) is 3.40. The lowest BCUT2D eigenvalue weighted by Gasteiger charge is -2.37. The molecule has 1 aliphatic carbocycles. The zero-order valence-corrected chi connectivity index (χ0v) is 18.9. The predicted molar refractivity (Wildman–Crippen MR) is 118 cm³/mol. The normalized spacial score (nSPS) is 21.0. The van der Waals surface area contributed by atoms with Crippen LogP contribution < -0.4 is 9.47 Å². The summed E-state index contributed by atoms with van der Waals surface area (Å²) in [7, 11) is 1.73. The van der Waals surface area contributed by atoms with Crippen LogP contribution >= 0.6 is 11.6 Å². The molecule has 0 unspecified atom stereocenters. The van der Waals surface area contributed by atoms with Gasteiger partial charge in [0, 0.05) is 37.6 Å². The molecular formula is C23H30ClN3O4. The molecule has 2 heterocycles. The molecule has 0 atom stereocenters. The molecule has 1 aliphatic heterocycles. The molecular weight excluding hydrogens is 418 g/mol. The topological polar surface area (TPSA) is 68.0 Å². The number of hydrogen-bond donors (Lipinski definition) is 0. The first-order valence-corrected chi connectivity index (χ1v) is 11.4. The van der Waals surface area contributed by atoms with Crippen molar-refractivity contribution in [1.82, 2.24) is 15.0 Å². The number of aromatic nitrogens is 1. The molecule has 1 aromatic heterocycles. The maximum absolute atomic E-state index is 12.2. The van der Waals surface area contributed by atoms with Crippen LogP contribution in [0, 0.1) is 5.92 Å². The van der Waals surface area contributed by atoms with Gasteiger partial charge in [0.2, 0.25) is 0 Å². The molecule has 4 rings (SSSR count). The molecule has 7 nitrogen and oxygen atoms in total. The number of amides is 1. The van der Waals surface area contributed by atoms with Gasteiger partial charge >= 0.3 is 6.09 Å². The fourth-order valence-corrected chi connectivity index (χ4v) is 4.39. The standard InChI is InChI=1S/C23H30ClN3O4/c1-3-18-13-22(25-31-18)30-23(28)26(2)14-16-10-20(11-16)29-19-7-6-17(21(24)12-19)15-27-8-4-5-9-27/h6-7,12-13,16,20H,3-5,8-11,14-15H2,1-2H3. The zero-order chi connectivity index (χ0) is 21.8. The van der Waals surface area contributed by atoms with Gasteiger partial charge in [-0.3, -0.25) is 4.90 Å². The molecule has 8 heteroatoms. The van der Waals surface area contributed by atoms with E-state index in [2.05, 4.69) is 16.1 Å². The second-order valence-corrected chi connectivity index (χ2v) is 8.95. The highest BCUT2D eigenvalue weighted by Crippen LogP contribution is 2.33. The van der Waals surface area contributed by atoms with E-state index in [1.165, 1.54) is 12.8 Å². The summed E-state index contributed by atoms with van der Waals surface area (Å²) >= 11 is 6.49. The third-order valence-electron chi connectivity index (χ3n) is 6.03. The number of carbonyl (C=O) groups excluding carboxylic acids is 1. The number of halogens is 1. The van der Waals surface area contributed by atoms with Gasteiger partial charge in [-0.05, 0) is 67.5 Å². The van der Waals surface area contributed by atoms with Crippen LogP contribution in [0.1, 0.15) is 43.9 Å². The van der Waals surface area contributed by atoms with Gasteiger partial charge in [0.25, 0.3) is 5.88 Å². The van der Waals surface area contributed by atoms with E-state index in [4.69, 9.17) is 25.6 Å². The van der Waals surface area contributed by atoms with E-state index >= 15 is 0 Å². The molecule has 2 fully saturated rings. The number of ether oxygens (including phenoxy) is 2. The number of aryl methyl sites for hydroxylation is 1. The lowest BCUT2D eigenvalue weighted by molar-refractivity contribution is 0.0481. The van der Waals surface area contributed by atoms with Crippen molar-refractivity contribution in [3.8, 4) is 11.6 Å². The highest BCUT2D eigenvalue weighted by atomic mass is 35.5. The van der Waals surface area contributed by atoms with Crippen LogP contribution in [0.5, 0.6) is 11.6 Å². The molecule has 1 saturated carbocycles. The van der Waals surface area contributed by atoms with Gasteiger partial charge in [0.05, 0.1) is 6.10 Å². The summed E-state index contributed by atoms with van der Waals surface area (Å²) in [6.45, 7) is 5.77. The third kappa shape index (κ3) is 5.71. The summed E-state index contributed by atoms with van der Waals surface area (Å²) in [5.41, 5.74) is 1.15. The largest absolute Gasteiger partial charge is 0.490 e. The number of nitrogens with zero attached hydrogens (tertiary/aromatic N) is 3. The Balaban J connectivity index is 1.19. The number of benzene rings is 1. The second-order valence-electron chi connectivity index (χ2n) is 8.55. The summed E-state index contributed by atoms with van der Waals surface area (Å²) < 4.78 is 16.4. The Morgan fingerprint density at radius 1 is 1.29 bits per heavy atom. The molecule has 0 radical (unpaired) electrons. The third-order valence-corrected chi connectivity index (χ3v) is 6.39. The van der Waals surface area contributed by atoms with E-state index in [0.717, 1.165) is 48.8 Å². The van der Waals surface area contributed by atoms with Gasteiger partial charge in [0.1, 0.15) is 11.5 Å². The van der Waals surface area contributed by atoms with Crippen molar-refractivity contribution in [3.05, 3.63) is 40.6 Å². The lowest BCUT2D eigenvalue weighted by atomic mass is 9.82. The van der Waals surface area contributed by atoms with E-state index in [0.29, 0.717) is 24.6 Å². The minimum absolute atomic E-state index is 0.151. The van der Waals surface area contributed by atoms with Gasteiger partial charge in [0.15, 0.2) is 0 Å². The molecule has 1 amide bonds. The van der Waals surface area contributed by atoms with Crippen molar-refractivity contribution in [3.63, 3.8) is 0 Å². The fourth-order valence-electron chi connectivity index (χ4n) is 4.16. The average molecular weight is 448 g/mol. The SMILES string of the molecule is CCc1cc(OC(=O)N(C)CC2CC(Oc3ccc(CN4CCCC4)c(Cl)c3)C2)no1. The second kappa shape index (κ2) is 9.92. The maximum atomic E-state index is 12.2. The highest BCUT2D eigenvalue weighted by Gasteiger charge is 2.33. The van der Waals surface area contributed by atoms with Crippen LogP contribution in [-0.4, -0.2) is 53.8 Å². The Labute approximate surface area is 188 Å². The quantitative estimate of drug-likeness (QED) is 0.580. The van der Waals surface area contributed by atoms with E-state index in [1.54, 1.807) is 18.0 Å². The molecule has 0 N–H and O–H groups in total. The fraction of sp³-hybridized carbons (Fsp3) is 0.565. The Kier molecular flexibility index (Phi) is 7.02. The van der Waals surface area contributed by atoms with Crippen LogP contribution in [0.3, 0.4) is 0 Å². The smallest absolute Gasteiger partial charge is 0.416 e. The number of hydrogen-bond acceptors (Lipinski definition) is 6. The Hall–Kier alpha value is -2.25. The van der Waals surface area contributed by atoms with Crippen molar-refractivity contribution in [2.75, 3.05) is 26.7 Å². The Morgan fingerprint density at radius 2 is 2.06 bits per heavy atom. The molecule has 0 spiro atoms. The highest BCUT2D eigenvalue weighted by molar-refractivity contribution is 6.31. The number of carbonyl (C=O) groups is 1. The van der Waals surface area contributed by atoms with Crippen molar-refractivity contribution >= 4 is 17.7 Å². The number of rotatable bonds is 8. The van der Waals surface area contributed by atoms with Gasteiger partial charge < -0.3 is 18.9 Å². The van der Waals surface area contributed by atoms with Crippen molar-refractivity contribution in [2.45, 2.75) is 51.7 Å². The summed E-state index contributed by atoms with van der Waals surface area (Å²) in [5.74, 6) is 2.09. The zero-order valence-electron chi connectivity index (χ0n) is 18.2. The summed E-state index contributed by atoms with van der Waals surface area (Å²) in [4.78, 5) is 16.2. The van der Waals surface area contributed by atoms with E-state index < -0.39 is 6.09 Å². The summed E-state index contributed by atoms with van der Waals surface area (Å²) in [6.07, 6.45) is 4.77. The number of likely N-dealkylation sites (tertiary alicyclic amines) is 1. The van der Waals surface area contributed by atoms with Crippen LogP contribution in [-0.2, 0) is 13.0 Å². The first kappa shape index (κ1) is 22.0. The molecule has 168 valence electrons. The van der Waals surface area contributed by atoms with Crippen LogP contribution in [0.4, 0.5) is 4.79 Å². The maximum Gasteiger partial charge on any atom is 0.416 e. The minimum Gasteiger partial charge on any atom is -0.490 e. The van der Waals surface area contributed by atoms with Crippen LogP contribution in [0.2, 0.25) is 5.02 Å². The van der Waals surface area contributed by atoms with Crippen molar-refractivity contribution in [1.29, 1.82) is 0 Å². The molecule has 1 saturated heterocycles. The van der Waals surface area contributed by atoms with Gasteiger partial charge in [-0.2, -0.15) is 0 Å². The van der Waals surface area contributed by atoms with Crippen LogP contribution in [0.25, 0.3) is 0 Å². The van der Waals surface area contributed by atoms with E-state index in [9.17, 15) is 4.79 Å². The lowest BCUT2D eigenvalue weighted by Crippen LogP contribution is -2.42. The van der Waals surface area contributed by atoms with Gasteiger partial charge in [-0.25, -0.2) is 4.79 Å². The van der Waals surface area contributed by atoms with Crippen molar-refractivity contribution < 1.29 is 18.8 Å². The first-order chi connectivity index (χ1) is 15.0. The Bertz CT molecular complexity index is 891. The van der Waals surface area contributed by atoms with E-state index in [-0.39, 0.29) is 12.0 Å². The monoisotopic (exact) mass is 447 g/mol. The van der Waals surface area contributed by atoms with E-state index in [1.807, 2.05) is 19.1 Å². The molecule has 1 aromatic carbocycles. The van der Waals surface area contributed by atoms with Crippen LogP contribution in [0.15, 0.2) is 28.8 Å². The van der Waals surface area contributed by atoms with Crippen molar-refractivity contribution in [2.24, 2.45) is 5.92 Å². The van der Waals surface area contributed by atoms with Gasteiger partial charge in [-0.1, -0.05) is 24.6 Å². The molecule has 0 bridgehead atoms. The Morgan fingerprint density at radius 3 is 2.74 bits per heavy atom. The molecule has 2 aliphatic rings.